The van der Waals surface area contributed by atoms with Crippen molar-refractivity contribution in [2.45, 2.75) is 38.5 Å². The van der Waals surface area contributed by atoms with Crippen LogP contribution in [-0.2, 0) is 16.0 Å². The Bertz CT molecular complexity index is 1080. The Hall–Kier alpha value is -3.22. The Morgan fingerprint density at radius 1 is 0.969 bits per heavy atom. The van der Waals surface area contributed by atoms with Crippen molar-refractivity contribution in [3.05, 3.63) is 60.2 Å². The van der Waals surface area contributed by atoms with E-state index in [2.05, 4.69) is 10.3 Å². The van der Waals surface area contributed by atoms with E-state index < -0.39 is 11.9 Å². The highest BCUT2D eigenvalue weighted by Crippen LogP contribution is 2.37. The van der Waals surface area contributed by atoms with Gasteiger partial charge in [-0.15, -0.1) is 5.10 Å². The van der Waals surface area contributed by atoms with Crippen molar-refractivity contribution in [3.8, 4) is 0 Å². The van der Waals surface area contributed by atoms with Gasteiger partial charge in [0.05, 0.1) is 12.3 Å². The van der Waals surface area contributed by atoms with Gasteiger partial charge in [-0.05, 0) is 54.0 Å². The van der Waals surface area contributed by atoms with Crippen molar-refractivity contribution in [2.24, 2.45) is 17.8 Å². The predicted molar refractivity (Wildman–Crippen MR) is 119 cm³/mol. The lowest BCUT2D eigenvalue weighted by atomic mass is 9.82. The molecule has 1 aliphatic carbocycles. The smallest absolute Gasteiger partial charge is 0.335 e. The molecule has 1 aromatic heterocycles. The molecule has 0 radical (unpaired) electrons. The van der Waals surface area contributed by atoms with E-state index in [0.717, 1.165) is 23.5 Å². The van der Waals surface area contributed by atoms with Crippen molar-refractivity contribution < 1.29 is 14.4 Å². The van der Waals surface area contributed by atoms with Crippen molar-refractivity contribution in [1.29, 1.82) is 0 Å². The number of nitrogens with zero attached hydrogens (tertiary/aromatic N) is 4. The summed E-state index contributed by atoms with van der Waals surface area (Å²) in [5, 5.41) is 7.94. The first-order chi connectivity index (χ1) is 15.7. The summed E-state index contributed by atoms with van der Waals surface area (Å²) in [6, 6.07) is 17.2. The van der Waals surface area contributed by atoms with Crippen LogP contribution in [0.4, 0.5) is 0 Å². The van der Waals surface area contributed by atoms with E-state index in [1.54, 1.807) is 12.1 Å². The minimum absolute atomic E-state index is 0.00769. The molecule has 2 aromatic carbocycles. The summed E-state index contributed by atoms with van der Waals surface area (Å²) in [5.74, 6) is 0.340. The summed E-state index contributed by atoms with van der Waals surface area (Å²) >= 11 is 0. The minimum Gasteiger partial charge on any atom is -0.342 e. The molecular weight excluding hydrogens is 404 g/mol. The van der Waals surface area contributed by atoms with Crippen LogP contribution in [0, 0.1) is 17.8 Å². The van der Waals surface area contributed by atoms with Crippen LogP contribution in [0.1, 0.15) is 37.7 Å². The van der Waals surface area contributed by atoms with Crippen LogP contribution < -0.4 is 4.84 Å². The van der Waals surface area contributed by atoms with E-state index in [0.29, 0.717) is 29.3 Å². The summed E-state index contributed by atoms with van der Waals surface area (Å²) in [7, 11) is 0. The zero-order valence-corrected chi connectivity index (χ0v) is 18.1. The third kappa shape index (κ3) is 4.38. The number of likely N-dealkylation sites (tertiary alicyclic amines) is 1. The molecule has 2 fully saturated rings. The predicted octanol–water partition coefficient (Wildman–Crippen LogP) is 3.28. The van der Waals surface area contributed by atoms with Crippen LogP contribution >= 0.6 is 0 Å². The van der Waals surface area contributed by atoms with Crippen molar-refractivity contribution >= 4 is 22.9 Å². The molecule has 3 atom stereocenters. The Morgan fingerprint density at radius 2 is 1.66 bits per heavy atom. The van der Waals surface area contributed by atoms with Crippen LogP contribution in [0.2, 0.25) is 0 Å². The fraction of sp³-hybridized carbons (Fsp3) is 0.440. The van der Waals surface area contributed by atoms with E-state index in [4.69, 9.17) is 4.84 Å². The molecule has 0 spiro atoms. The highest BCUT2D eigenvalue weighted by molar-refractivity contribution is 5.84. The molecule has 2 aliphatic rings. The first-order valence-corrected chi connectivity index (χ1v) is 11.5. The van der Waals surface area contributed by atoms with Gasteiger partial charge in [0.1, 0.15) is 11.0 Å². The molecule has 1 amide bonds. The molecule has 0 unspecified atom stereocenters. The Morgan fingerprint density at radius 3 is 2.41 bits per heavy atom. The van der Waals surface area contributed by atoms with Gasteiger partial charge in [-0.2, -0.15) is 0 Å². The van der Waals surface area contributed by atoms with Gasteiger partial charge < -0.3 is 9.74 Å². The zero-order chi connectivity index (χ0) is 21.9. The van der Waals surface area contributed by atoms with Gasteiger partial charge in [0, 0.05) is 13.1 Å². The van der Waals surface area contributed by atoms with Crippen LogP contribution in [0.5, 0.6) is 0 Å². The first kappa shape index (κ1) is 20.7. The van der Waals surface area contributed by atoms with Crippen LogP contribution in [0.15, 0.2) is 54.6 Å². The fourth-order valence-electron chi connectivity index (χ4n) is 5.24. The topological polar surface area (TPSA) is 77.3 Å². The SMILES string of the molecule is O=C(C[C@H](Cc1ccccc1)C(=O)N1C[C@H]2CCCC[C@H]2C1)On1nnc2ccccc21. The summed E-state index contributed by atoms with van der Waals surface area (Å²) in [6.45, 7) is 1.63. The molecule has 1 aliphatic heterocycles. The van der Waals surface area contributed by atoms with Crippen LogP contribution in [-0.4, -0.2) is 45.0 Å². The molecule has 32 heavy (non-hydrogen) atoms. The number of hydrogen-bond donors (Lipinski definition) is 0. The normalized spacial score (nSPS) is 21.3. The Balaban J connectivity index is 1.31. The number of fused-ring (bicyclic) bond motifs is 2. The monoisotopic (exact) mass is 432 g/mol. The average molecular weight is 433 g/mol. The number of hydrogen-bond acceptors (Lipinski definition) is 5. The maximum atomic E-state index is 13.5. The lowest BCUT2D eigenvalue weighted by Gasteiger charge is -2.23. The van der Waals surface area contributed by atoms with Gasteiger partial charge in [0.2, 0.25) is 5.91 Å². The second-order valence-corrected chi connectivity index (χ2v) is 9.05. The van der Waals surface area contributed by atoms with Crippen molar-refractivity contribution in [2.75, 3.05) is 13.1 Å². The molecule has 0 N–H and O–H groups in total. The third-order valence-corrected chi connectivity index (χ3v) is 6.88. The van der Waals surface area contributed by atoms with Gasteiger partial charge in [-0.3, -0.25) is 4.79 Å². The highest BCUT2D eigenvalue weighted by Gasteiger charge is 2.39. The molecule has 1 saturated carbocycles. The van der Waals surface area contributed by atoms with Crippen molar-refractivity contribution in [3.63, 3.8) is 0 Å². The number of rotatable bonds is 6. The first-order valence-electron chi connectivity index (χ1n) is 11.5. The van der Waals surface area contributed by atoms with E-state index in [1.807, 2.05) is 47.4 Å². The van der Waals surface area contributed by atoms with Gasteiger partial charge in [-0.1, -0.05) is 60.2 Å². The summed E-state index contributed by atoms with van der Waals surface area (Å²) in [5.41, 5.74) is 2.31. The van der Waals surface area contributed by atoms with Crippen LogP contribution in [0.3, 0.4) is 0 Å². The average Bonchev–Trinajstić information content (AvgIpc) is 3.43. The third-order valence-electron chi connectivity index (χ3n) is 6.88. The highest BCUT2D eigenvalue weighted by atomic mass is 16.7. The fourth-order valence-corrected chi connectivity index (χ4v) is 5.24. The lowest BCUT2D eigenvalue weighted by Crippen LogP contribution is -2.38. The molecule has 166 valence electrons. The maximum absolute atomic E-state index is 13.5. The molecule has 5 rings (SSSR count). The van der Waals surface area contributed by atoms with E-state index in [9.17, 15) is 9.59 Å². The second kappa shape index (κ2) is 9.10. The molecule has 2 heterocycles. The molecular formula is C25H28N4O3. The van der Waals surface area contributed by atoms with Crippen LogP contribution in [0.25, 0.3) is 11.0 Å². The number of para-hydroxylation sites is 1. The Labute approximate surface area is 187 Å². The molecule has 1 saturated heterocycles. The number of aromatic nitrogens is 3. The standard InChI is InChI=1S/C25H28N4O3/c30-24(32-29-23-13-7-6-12-22(23)26-27-29)15-21(14-18-8-2-1-3-9-18)25(31)28-16-19-10-4-5-11-20(19)17-28/h1-3,6-9,12-13,19-21H,4-5,10-11,14-17H2/t19-,20+,21-/m0/s1. The summed E-state index contributed by atoms with van der Waals surface area (Å²) in [6.07, 6.45) is 5.45. The van der Waals surface area contributed by atoms with E-state index in [1.165, 1.54) is 25.7 Å². The zero-order valence-electron chi connectivity index (χ0n) is 18.1. The van der Waals surface area contributed by atoms with E-state index in [-0.39, 0.29) is 12.3 Å². The largest absolute Gasteiger partial charge is 0.342 e. The lowest BCUT2D eigenvalue weighted by molar-refractivity contribution is -0.150. The Kier molecular flexibility index (Phi) is 5.88. The second-order valence-electron chi connectivity index (χ2n) is 9.05. The maximum Gasteiger partial charge on any atom is 0.335 e. The van der Waals surface area contributed by atoms with Gasteiger partial charge in [-0.25, -0.2) is 4.79 Å². The van der Waals surface area contributed by atoms with E-state index >= 15 is 0 Å². The quantitative estimate of drug-likeness (QED) is 0.559. The van der Waals surface area contributed by atoms with Gasteiger partial charge in [0.15, 0.2) is 0 Å². The number of amides is 1. The van der Waals surface area contributed by atoms with Gasteiger partial charge >= 0.3 is 5.97 Å². The summed E-state index contributed by atoms with van der Waals surface area (Å²) < 4.78 is 0. The minimum atomic E-state index is -0.480. The summed E-state index contributed by atoms with van der Waals surface area (Å²) in [4.78, 5) is 35.0. The molecule has 7 nitrogen and oxygen atoms in total. The molecule has 7 heteroatoms. The van der Waals surface area contributed by atoms with Gasteiger partial charge in [0.25, 0.3) is 0 Å². The number of benzene rings is 2. The number of carbonyl (C=O) groups excluding carboxylic acids is 2. The molecule has 3 aromatic rings. The number of carbonyl (C=O) groups is 2. The molecule has 0 bridgehead atoms. The van der Waals surface area contributed by atoms with Crippen molar-refractivity contribution in [1.82, 2.24) is 20.1 Å².